The van der Waals surface area contributed by atoms with Crippen molar-refractivity contribution in [3.63, 3.8) is 0 Å². The molecular weight excluding hydrogens is 344 g/mol. The van der Waals surface area contributed by atoms with Gasteiger partial charge in [0.2, 0.25) is 0 Å². The average molecular weight is 370 g/mol. The predicted molar refractivity (Wildman–Crippen MR) is 103 cm³/mol. The summed E-state index contributed by atoms with van der Waals surface area (Å²) in [5.41, 5.74) is 3.30. The number of esters is 1. The van der Waals surface area contributed by atoms with Gasteiger partial charge in [0.1, 0.15) is 0 Å². The molecule has 2 N–H and O–H groups in total. The third kappa shape index (κ3) is 4.48. The van der Waals surface area contributed by atoms with Gasteiger partial charge in [0.25, 0.3) is 0 Å². The first kappa shape index (κ1) is 18.9. The lowest BCUT2D eigenvalue weighted by Crippen LogP contribution is -2.28. The number of urea groups is 1. The van der Waals surface area contributed by atoms with Gasteiger partial charge in [0.15, 0.2) is 0 Å². The van der Waals surface area contributed by atoms with Gasteiger partial charge in [-0.2, -0.15) is 5.10 Å². The van der Waals surface area contributed by atoms with Crippen LogP contribution in [0.2, 0.25) is 0 Å². The molecule has 0 bridgehead atoms. The zero-order valence-corrected chi connectivity index (χ0v) is 16.0. The summed E-state index contributed by atoms with van der Waals surface area (Å²) in [6.45, 7) is 4.64. The van der Waals surface area contributed by atoms with E-state index in [1.807, 2.05) is 4.68 Å². The Bertz CT molecular complexity index is 809. The molecule has 3 rings (SSSR count). The quantitative estimate of drug-likeness (QED) is 0.725. The predicted octanol–water partition coefficient (Wildman–Crippen LogP) is 3.84. The van der Waals surface area contributed by atoms with E-state index < -0.39 is 0 Å². The minimum absolute atomic E-state index is 0.266. The molecule has 1 aromatic heterocycles. The van der Waals surface area contributed by atoms with Crippen molar-refractivity contribution >= 4 is 17.7 Å². The van der Waals surface area contributed by atoms with E-state index in [1.54, 1.807) is 30.5 Å². The highest BCUT2D eigenvalue weighted by molar-refractivity contribution is 5.90. The number of amides is 2. The van der Waals surface area contributed by atoms with Gasteiger partial charge in [-0.05, 0) is 43.9 Å². The van der Waals surface area contributed by atoms with Gasteiger partial charge in [-0.3, -0.25) is 4.68 Å². The largest absolute Gasteiger partial charge is 0.465 e. The zero-order valence-electron chi connectivity index (χ0n) is 16.0. The van der Waals surface area contributed by atoms with E-state index in [-0.39, 0.29) is 12.0 Å². The van der Waals surface area contributed by atoms with Crippen LogP contribution in [0.3, 0.4) is 0 Å². The number of anilines is 1. The summed E-state index contributed by atoms with van der Waals surface area (Å²) in [6, 6.07) is 7.00. The van der Waals surface area contributed by atoms with Gasteiger partial charge in [0.05, 0.1) is 30.3 Å². The van der Waals surface area contributed by atoms with Crippen LogP contribution in [-0.4, -0.2) is 28.9 Å². The van der Waals surface area contributed by atoms with Crippen LogP contribution >= 0.6 is 0 Å². The van der Waals surface area contributed by atoms with Crippen LogP contribution in [0.4, 0.5) is 10.5 Å². The molecule has 144 valence electrons. The van der Waals surface area contributed by atoms with Crippen LogP contribution < -0.4 is 10.6 Å². The smallest absolute Gasteiger partial charge is 0.337 e. The topological polar surface area (TPSA) is 85.3 Å². The monoisotopic (exact) mass is 370 g/mol. The second kappa shape index (κ2) is 8.24. The Balaban J connectivity index is 1.60. The van der Waals surface area contributed by atoms with Crippen LogP contribution in [0.25, 0.3) is 0 Å². The van der Waals surface area contributed by atoms with Crippen molar-refractivity contribution in [1.29, 1.82) is 0 Å². The summed E-state index contributed by atoms with van der Waals surface area (Å²) < 4.78 is 6.72. The fourth-order valence-corrected chi connectivity index (χ4v) is 2.98. The molecule has 1 heterocycles. The van der Waals surface area contributed by atoms with E-state index in [1.165, 1.54) is 7.11 Å². The fourth-order valence-electron chi connectivity index (χ4n) is 2.98. The summed E-state index contributed by atoms with van der Waals surface area (Å²) in [7, 11) is 1.35. The van der Waals surface area contributed by atoms with Crippen molar-refractivity contribution in [2.24, 2.45) is 0 Å². The third-order valence-electron chi connectivity index (χ3n) is 4.88. The Labute approximate surface area is 159 Å². The molecule has 0 spiro atoms. The molecule has 7 heteroatoms. The minimum atomic E-state index is -0.377. The fraction of sp³-hybridized carbons (Fsp3) is 0.450. The molecule has 1 aromatic carbocycles. The first-order chi connectivity index (χ1) is 13.0. The second-order valence-electron chi connectivity index (χ2n) is 6.92. The molecule has 0 saturated heterocycles. The molecular formula is C20H26N4O3. The summed E-state index contributed by atoms with van der Waals surface area (Å²) in [6.07, 6.45) is 5.02. The number of hydrogen-bond acceptors (Lipinski definition) is 4. The Morgan fingerprint density at radius 2 is 2.00 bits per heavy atom. The lowest BCUT2D eigenvalue weighted by Gasteiger charge is -2.15. The summed E-state index contributed by atoms with van der Waals surface area (Å²) in [5, 5.41) is 10.3. The Morgan fingerprint density at radius 1 is 1.30 bits per heavy atom. The van der Waals surface area contributed by atoms with E-state index in [0.29, 0.717) is 24.1 Å². The van der Waals surface area contributed by atoms with Crippen molar-refractivity contribution in [3.8, 4) is 0 Å². The van der Waals surface area contributed by atoms with Crippen LogP contribution in [-0.2, 0) is 11.3 Å². The summed E-state index contributed by atoms with van der Waals surface area (Å²) in [5.74, 6) is 0.112. The number of hydrogen-bond donors (Lipinski definition) is 2. The normalized spacial score (nSPS) is 14.5. The van der Waals surface area contributed by atoms with Crippen molar-refractivity contribution in [1.82, 2.24) is 15.1 Å². The molecule has 7 nitrogen and oxygen atoms in total. The Kier molecular flexibility index (Phi) is 5.78. The number of benzene rings is 1. The average Bonchev–Trinajstić information content (AvgIpc) is 3.45. The van der Waals surface area contributed by atoms with E-state index >= 15 is 0 Å². The van der Waals surface area contributed by atoms with E-state index in [0.717, 1.165) is 36.2 Å². The maximum atomic E-state index is 12.3. The molecule has 27 heavy (non-hydrogen) atoms. The van der Waals surface area contributed by atoms with Gasteiger partial charge in [-0.1, -0.05) is 19.1 Å². The lowest BCUT2D eigenvalue weighted by atomic mass is 10.1. The minimum Gasteiger partial charge on any atom is -0.465 e. The van der Waals surface area contributed by atoms with Crippen molar-refractivity contribution in [2.75, 3.05) is 12.4 Å². The molecule has 0 radical (unpaired) electrons. The van der Waals surface area contributed by atoms with Crippen molar-refractivity contribution < 1.29 is 14.3 Å². The highest BCUT2D eigenvalue weighted by Crippen LogP contribution is 2.44. The summed E-state index contributed by atoms with van der Waals surface area (Å²) in [4.78, 5) is 23.8. The molecule has 1 fully saturated rings. The maximum absolute atomic E-state index is 12.3. The van der Waals surface area contributed by atoms with Crippen LogP contribution in [0, 0.1) is 0 Å². The molecule has 0 aliphatic heterocycles. The number of rotatable bonds is 7. The molecule has 1 atom stereocenters. The van der Waals surface area contributed by atoms with Crippen molar-refractivity contribution in [2.45, 2.75) is 51.6 Å². The first-order valence-electron chi connectivity index (χ1n) is 9.33. The number of carbonyl (C=O) groups excluding carboxylic acids is 2. The third-order valence-corrected chi connectivity index (χ3v) is 4.88. The van der Waals surface area contributed by atoms with Gasteiger partial charge >= 0.3 is 12.0 Å². The number of nitrogens with zero attached hydrogens (tertiary/aromatic N) is 2. The number of ether oxygens (including phenoxy) is 1. The molecule has 1 aliphatic carbocycles. The molecule has 2 amide bonds. The summed E-state index contributed by atoms with van der Waals surface area (Å²) >= 11 is 0. The van der Waals surface area contributed by atoms with Crippen LogP contribution in [0.15, 0.2) is 30.5 Å². The number of carbonyl (C=O) groups is 2. The number of nitrogens with one attached hydrogen (secondary N) is 2. The molecule has 1 unspecified atom stereocenters. The van der Waals surface area contributed by atoms with Gasteiger partial charge in [-0.25, -0.2) is 9.59 Å². The molecule has 1 saturated carbocycles. The van der Waals surface area contributed by atoms with E-state index in [2.05, 4.69) is 34.3 Å². The van der Waals surface area contributed by atoms with Crippen LogP contribution in [0.1, 0.15) is 66.7 Å². The first-order valence-corrected chi connectivity index (χ1v) is 9.33. The van der Waals surface area contributed by atoms with Gasteiger partial charge in [0, 0.05) is 18.5 Å². The maximum Gasteiger partial charge on any atom is 0.337 e. The van der Waals surface area contributed by atoms with E-state index in [4.69, 9.17) is 0 Å². The Hall–Kier alpha value is -2.83. The standard InChI is InChI=1S/C20H26N4O3/c1-4-13(2)24-18(15-9-10-15)17(12-22-24)23-20(26)21-11-14-5-7-16(8-6-14)19(25)27-3/h5-8,12-13,15H,4,9-11H2,1-3H3,(H2,21,23,26). The number of aromatic nitrogens is 2. The van der Waals surface area contributed by atoms with Crippen molar-refractivity contribution in [3.05, 3.63) is 47.3 Å². The van der Waals surface area contributed by atoms with Gasteiger partial charge < -0.3 is 15.4 Å². The number of methoxy groups -OCH3 is 1. The highest BCUT2D eigenvalue weighted by atomic mass is 16.5. The zero-order chi connectivity index (χ0) is 19.4. The molecule has 1 aliphatic rings. The van der Waals surface area contributed by atoms with E-state index in [9.17, 15) is 9.59 Å². The second-order valence-corrected chi connectivity index (χ2v) is 6.92. The SMILES string of the molecule is CCC(C)n1ncc(NC(=O)NCc2ccc(C(=O)OC)cc2)c1C1CC1. The van der Waals surface area contributed by atoms with Gasteiger partial charge in [-0.15, -0.1) is 0 Å². The Morgan fingerprint density at radius 3 is 2.59 bits per heavy atom. The highest BCUT2D eigenvalue weighted by Gasteiger charge is 2.31. The molecule has 2 aromatic rings. The lowest BCUT2D eigenvalue weighted by molar-refractivity contribution is 0.0600. The van der Waals surface area contributed by atoms with Crippen LogP contribution in [0.5, 0.6) is 0 Å².